The Morgan fingerprint density at radius 3 is 2.53 bits per heavy atom. The molecule has 7 heteroatoms. The third kappa shape index (κ3) is 3.62. The van der Waals surface area contributed by atoms with E-state index in [1.165, 1.54) is 34.4 Å². The Balaban J connectivity index is 1.67. The van der Waals surface area contributed by atoms with Crippen LogP contribution in [-0.2, 0) is 0 Å². The van der Waals surface area contributed by atoms with E-state index in [2.05, 4.69) is 6.58 Å². The van der Waals surface area contributed by atoms with Gasteiger partial charge < -0.3 is 14.4 Å². The highest BCUT2D eigenvalue weighted by molar-refractivity contribution is 7.22. The predicted octanol–water partition coefficient (Wildman–Crippen LogP) is 5.47. The fourth-order valence-electron chi connectivity index (χ4n) is 3.04. The lowest BCUT2D eigenvalue weighted by Crippen LogP contribution is -2.25. The third-order valence-corrected chi connectivity index (χ3v) is 5.78. The van der Waals surface area contributed by atoms with Crippen molar-refractivity contribution in [2.24, 2.45) is 0 Å². The standard InChI is InChI=1S/C23H16FNO4S/c1-13(26)18-11-20-19(29-23(18)28)12-21(30-20)25(2)22(27)16-5-3-4-15(10-16)14-6-8-17(24)9-7-14/h3-12,26H,1H2,2H3. The van der Waals surface area contributed by atoms with Gasteiger partial charge in [-0.05, 0) is 41.5 Å². The number of benzene rings is 2. The Labute approximate surface area is 174 Å². The molecule has 0 saturated heterocycles. The summed E-state index contributed by atoms with van der Waals surface area (Å²) in [7, 11) is 1.63. The molecule has 4 aromatic rings. The highest BCUT2D eigenvalue weighted by Gasteiger charge is 2.18. The van der Waals surface area contributed by atoms with E-state index in [0.717, 1.165) is 11.1 Å². The molecular formula is C23H16FNO4S. The molecule has 5 nitrogen and oxygen atoms in total. The summed E-state index contributed by atoms with van der Waals surface area (Å²) in [6.45, 7) is 3.36. The molecule has 0 radical (unpaired) electrons. The molecular weight excluding hydrogens is 405 g/mol. The van der Waals surface area contributed by atoms with Crippen LogP contribution in [0, 0.1) is 5.82 Å². The maximum absolute atomic E-state index is 13.2. The maximum Gasteiger partial charge on any atom is 0.347 e. The molecule has 0 atom stereocenters. The molecule has 4 rings (SSSR count). The van der Waals surface area contributed by atoms with Crippen molar-refractivity contribution in [1.29, 1.82) is 0 Å². The van der Waals surface area contributed by atoms with Gasteiger partial charge >= 0.3 is 5.63 Å². The predicted molar refractivity (Wildman–Crippen MR) is 117 cm³/mol. The molecule has 0 aliphatic heterocycles. The van der Waals surface area contributed by atoms with Crippen molar-refractivity contribution < 1.29 is 18.7 Å². The number of thiophene rings is 1. The molecule has 30 heavy (non-hydrogen) atoms. The van der Waals surface area contributed by atoms with Crippen LogP contribution < -0.4 is 10.5 Å². The van der Waals surface area contributed by atoms with Gasteiger partial charge in [0.15, 0.2) is 5.58 Å². The molecule has 0 aliphatic carbocycles. The normalized spacial score (nSPS) is 10.9. The van der Waals surface area contributed by atoms with Crippen molar-refractivity contribution in [3.8, 4) is 11.1 Å². The smallest absolute Gasteiger partial charge is 0.347 e. The van der Waals surface area contributed by atoms with Crippen LogP contribution in [0.2, 0.25) is 0 Å². The van der Waals surface area contributed by atoms with Crippen molar-refractivity contribution in [2.45, 2.75) is 0 Å². The first-order valence-corrected chi connectivity index (χ1v) is 9.75. The van der Waals surface area contributed by atoms with Crippen LogP contribution in [0.3, 0.4) is 0 Å². The highest BCUT2D eigenvalue weighted by atomic mass is 32.1. The summed E-state index contributed by atoms with van der Waals surface area (Å²) in [6.07, 6.45) is 0. The van der Waals surface area contributed by atoms with Gasteiger partial charge in [0.05, 0.1) is 4.70 Å². The van der Waals surface area contributed by atoms with Crippen LogP contribution in [0.15, 0.2) is 76.5 Å². The number of rotatable bonds is 4. The molecule has 2 aromatic heterocycles. The largest absolute Gasteiger partial charge is 0.508 e. The lowest BCUT2D eigenvalue weighted by atomic mass is 10.0. The van der Waals surface area contributed by atoms with Gasteiger partial charge in [-0.15, -0.1) is 11.3 Å². The van der Waals surface area contributed by atoms with E-state index in [0.29, 0.717) is 20.8 Å². The Hall–Kier alpha value is -3.71. The summed E-state index contributed by atoms with van der Waals surface area (Å²) in [5, 5.41) is 10.1. The average Bonchev–Trinajstić information content (AvgIpc) is 3.15. The molecule has 0 spiro atoms. The quantitative estimate of drug-likeness (QED) is 0.444. The van der Waals surface area contributed by atoms with Crippen LogP contribution in [0.4, 0.5) is 9.39 Å². The van der Waals surface area contributed by atoms with E-state index in [-0.39, 0.29) is 23.0 Å². The Morgan fingerprint density at radius 1 is 1.10 bits per heavy atom. The van der Waals surface area contributed by atoms with Crippen molar-refractivity contribution in [2.75, 3.05) is 11.9 Å². The number of carbonyl (C=O) groups is 1. The van der Waals surface area contributed by atoms with E-state index in [1.807, 2.05) is 6.07 Å². The summed E-state index contributed by atoms with van der Waals surface area (Å²) in [6, 6.07) is 16.2. The summed E-state index contributed by atoms with van der Waals surface area (Å²) in [5.74, 6) is -0.947. The van der Waals surface area contributed by atoms with Crippen LogP contribution >= 0.6 is 11.3 Å². The minimum Gasteiger partial charge on any atom is -0.508 e. The number of hydrogen-bond acceptors (Lipinski definition) is 5. The number of carbonyl (C=O) groups excluding carboxylic acids is 1. The zero-order valence-electron chi connectivity index (χ0n) is 15.9. The molecule has 1 N–H and O–H groups in total. The van der Waals surface area contributed by atoms with Crippen LogP contribution in [0.25, 0.3) is 27.2 Å². The van der Waals surface area contributed by atoms with Gasteiger partial charge in [0, 0.05) is 18.7 Å². The maximum atomic E-state index is 13.2. The average molecular weight is 421 g/mol. The van der Waals surface area contributed by atoms with Gasteiger partial charge in [-0.2, -0.15) is 0 Å². The molecule has 2 heterocycles. The van der Waals surface area contributed by atoms with Crippen molar-refractivity contribution >= 4 is 38.3 Å². The zero-order chi connectivity index (χ0) is 21.4. The first-order chi connectivity index (χ1) is 14.3. The summed E-state index contributed by atoms with van der Waals surface area (Å²) in [5.41, 5.74) is 1.67. The molecule has 2 aromatic carbocycles. The van der Waals surface area contributed by atoms with E-state index < -0.39 is 5.63 Å². The monoisotopic (exact) mass is 421 g/mol. The lowest BCUT2D eigenvalue weighted by Gasteiger charge is -2.15. The van der Waals surface area contributed by atoms with Crippen molar-refractivity contribution in [1.82, 2.24) is 0 Å². The summed E-state index contributed by atoms with van der Waals surface area (Å²) in [4.78, 5) is 26.4. The molecule has 0 unspecified atom stereocenters. The molecule has 1 amide bonds. The SMILES string of the molecule is C=C(O)c1cc2sc(N(C)C(=O)c3cccc(-c4ccc(F)cc4)c3)cc2oc1=O. The van der Waals surface area contributed by atoms with Crippen molar-refractivity contribution in [3.63, 3.8) is 0 Å². The summed E-state index contributed by atoms with van der Waals surface area (Å²) >= 11 is 1.25. The zero-order valence-corrected chi connectivity index (χ0v) is 16.7. The fraction of sp³-hybridized carbons (Fsp3) is 0.0435. The Bertz CT molecular complexity index is 1340. The van der Waals surface area contributed by atoms with Gasteiger partial charge in [-0.25, -0.2) is 9.18 Å². The number of aliphatic hydroxyl groups is 1. The molecule has 0 fully saturated rings. The second kappa shape index (κ2) is 7.61. The second-order valence-electron chi connectivity index (χ2n) is 6.66. The van der Waals surface area contributed by atoms with Gasteiger partial charge in [-0.1, -0.05) is 30.8 Å². The number of amides is 1. The highest BCUT2D eigenvalue weighted by Crippen LogP contribution is 2.33. The van der Waals surface area contributed by atoms with Gasteiger partial charge in [0.2, 0.25) is 0 Å². The first-order valence-electron chi connectivity index (χ1n) is 8.93. The van der Waals surface area contributed by atoms with E-state index >= 15 is 0 Å². The summed E-state index contributed by atoms with van der Waals surface area (Å²) < 4.78 is 19.0. The van der Waals surface area contributed by atoms with Gasteiger partial charge in [0.25, 0.3) is 5.91 Å². The third-order valence-electron chi connectivity index (χ3n) is 4.64. The van der Waals surface area contributed by atoms with Crippen LogP contribution in [0.5, 0.6) is 0 Å². The fourth-order valence-corrected chi connectivity index (χ4v) is 4.02. The van der Waals surface area contributed by atoms with Crippen molar-refractivity contribution in [3.05, 3.63) is 94.6 Å². The van der Waals surface area contributed by atoms with E-state index in [1.54, 1.807) is 43.4 Å². The number of halogens is 1. The number of nitrogens with zero attached hydrogens (tertiary/aromatic N) is 1. The second-order valence-corrected chi connectivity index (χ2v) is 7.72. The number of hydrogen-bond donors (Lipinski definition) is 1. The number of anilines is 1. The lowest BCUT2D eigenvalue weighted by molar-refractivity contribution is 0.0993. The number of fused-ring (bicyclic) bond motifs is 1. The molecule has 0 saturated carbocycles. The molecule has 0 aliphatic rings. The minimum atomic E-state index is -0.694. The van der Waals surface area contributed by atoms with E-state index in [4.69, 9.17) is 4.42 Å². The van der Waals surface area contributed by atoms with Gasteiger partial charge in [-0.3, -0.25) is 4.79 Å². The number of aliphatic hydroxyl groups excluding tert-OH is 1. The van der Waals surface area contributed by atoms with Gasteiger partial charge in [0.1, 0.15) is 22.1 Å². The molecule has 150 valence electrons. The molecule has 0 bridgehead atoms. The topological polar surface area (TPSA) is 70.8 Å². The van der Waals surface area contributed by atoms with Crippen LogP contribution in [0.1, 0.15) is 15.9 Å². The Morgan fingerprint density at radius 2 is 1.83 bits per heavy atom. The minimum absolute atomic E-state index is 0.0168. The van der Waals surface area contributed by atoms with Crippen LogP contribution in [-0.4, -0.2) is 18.1 Å². The Kier molecular flexibility index (Phi) is 4.97. The first kappa shape index (κ1) is 19.6. The van der Waals surface area contributed by atoms with E-state index in [9.17, 15) is 19.1 Å².